The van der Waals surface area contributed by atoms with Gasteiger partial charge in [-0.15, -0.1) is 12.3 Å². The average molecular weight is 524 g/mol. The highest BCUT2D eigenvalue weighted by molar-refractivity contribution is 5.88. The van der Waals surface area contributed by atoms with Crippen LogP contribution in [0.2, 0.25) is 0 Å². The van der Waals surface area contributed by atoms with Crippen molar-refractivity contribution in [1.82, 2.24) is 4.98 Å². The van der Waals surface area contributed by atoms with Gasteiger partial charge in [0.1, 0.15) is 11.9 Å². The van der Waals surface area contributed by atoms with Crippen LogP contribution in [0.3, 0.4) is 0 Å². The molecule has 2 rings (SSSR count). The van der Waals surface area contributed by atoms with Crippen molar-refractivity contribution in [3.05, 3.63) is 47.3 Å². The number of ether oxygens (including phenoxy) is 1. The van der Waals surface area contributed by atoms with Crippen LogP contribution >= 0.6 is 0 Å². The number of carbonyl (C=O) groups excluding carboxylic acids is 2. The molecular formula is C32H45NO5. The van der Waals surface area contributed by atoms with Crippen molar-refractivity contribution >= 4 is 17.8 Å². The SMILES string of the molecule is C#CCC[C@H]1C(=O)C(C)(C)[C@@H](O)CC(=O)OC(/C(C)=C/c2ccccn2)C/C=C(/CC)CCC[C@H](C)[C@@H]1O. The third kappa shape index (κ3) is 8.92. The maximum atomic E-state index is 13.6. The van der Waals surface area contributed by atoms with Gasteiger partial charge < -0.3 is 14.9 Å². The van der Waals surface area contributed by atoms with Crippen LogP contribution in [-0.2, 0) is 14.3 Å². The first-order valence-corrected chi connectivity index (χ1v) is 13.8. The Labute approximate surface area is 228 Å². The monoisotopic (exact) mass is 523 g/mol. The van der Waals surface area contributed by atoms with Crippen molar-refractivity contribution in [2.45, 2.75) is 104 Å². The Morgan fingerprint density at radius 2 is 2.03 bits per heavy atom. The summed E-state index contributed by atoms with van der Waals surface area (Å²) in [6, 6.07) is 5.63. The first-order valence-electron chi connectivity index (χ1n) is 13.8. The van der Waals surface area contributed by atoms with Crippen LogP contribution < -0.4 is 0 Å². The Balaban J connectivity index is 2.41. The summed E-state index contributed by atoms with van der Waals surface area (Å²) in [6.45, 7) is 9.22. The van der Waals surface area contributed by atoms with Crippen molar-refractivity contribution in [2.75, 3.05) is 0 Å². The van der Waals surface area contributed by atoms with Gasteiger partial charge >= 0.3 is 5.97 Å². The number of aliphatic hydroxyl groups excluding tert-OH is 2. The van der Waals surface area contributed by atoms with Gasteiger partial charge in [-0.2, -0.15) is 0 Å². The molecule has 2 N–H and O–H groups in total. The van der Waals surface area contributed by atoms with Crippen LogP contribution in [-0.4, -0.2) is 45.3 Å². The fourth-order valence-corrected chi connectivity index (χ4v) is 4.99. The molecule has 0 aromatic carbocycles. The molecule has 208 valence electrons. The molecule has 0 aliphatic carbocycles. The Hall–Kier alpha value is -2.75. The third-order valence-corrected chi connectivity index (χ3v) is 7.84. The zero-order chi connectivity index (χ0) is 28.3. The first kappa shape index (κ1) is 31.5. The van der Waals surface area contributed by atoms with Gasteiger partial charge in [-0.05, 0) is 68.7 Å². The number of Topliss-reactive ketones (excluding diaryl/α,β-unsaturated/α-hetero) is 1. The summed E-state index contributed by atoms with van der Waals surface area (Å²) in [5.41, 5.74) is 1.61. The molecule has 1 aliphatic heterocycles. The smallest absolute Gasteiger partial charge is 0.309 e. The molecule has 1 unspecified atom stereocenters. The number of rotatable bonds is 5. The number of carbonyl (C=O) groups is 2. The summed E-state index contributed by atoms with van der Waals surface area (Å²) >= 11 is 0. The molecule has 0 amide bonds. The molecule has 0 spiro atoms. The Bertz CT molecular complexity index is 1020. The summed E-state index contributed by atoms with van der Waals surface area (Å²) in [5, 5.41) is 22.2. The molecule has 1 aromatic heterocycles. The van der Waals surface area contributed by atoms with Gasteiger partial charge in [0.25, 0.3) is 0 Å². The number of pyridine rings is 1. The van der Waals surface area contributed by atoms with Crippen molar-refractivity contribution in [3.63, 3.8) is 0 Å². The van der Waals surface area contributed by atoms with Crippen molar-refractivity contribution in [2.24, 2.45) is 17.3 Å². The van der Waals surface area contributed by atoms with Crippen LogP contribution in [0.5, 0.6) is 0 Å². The Morgan fingerprint density at radius 1 is 1.29 bits per heavy atom. The summed E-state index contributed by atoms with van der Waals surface area (Å²) in [5.74, 6) is 0.880. The molecule has 1 aromatic rings. The molecule has 0 bridgehead atoms. The van der Waals surface area contributed by atoms with Crippen LogP contribution in [0.25, 0.3) is 6.08 Å². The predicted molar refractivity (Wildman–Crippen MR) is 151 cm³/mol. The number of hydrogen-bond acceptors (Lipinski definition) is 6. The molecule has 38 heavy (non-hydrogen) atoms. The summed E-state index contributed by atoms with van der Waals surface area (Å²) in [7, 11) is 0. The van der Waals surface area contributed by atoms with Gasteiger partial charge in [0.05, 0.1) is 29.7 Å². The fraction of sp³-hybridized carbons (Fsp3) is 0.594. The predicted octanol–water partition coefficient (Wildman–Crippen LogP) is 5.68. The van der Waals surface area contributed by atoms with Gasteiger partial charge in [-0.25, -0.2) is 0 Å². The van der Waals surface area contributed by atoms with E-state index in [1.54, 1.807) is 20.0 Å². The van der Waals surface area contributed by atoms with Gasteiger partial charge in [-0.1, -0.05) is 45.4 Å². The van der Waals surface area contributed by atoms with E-state index in [1.807, 2.05) is 38.1 Å². The molecular weight excluding hydrogens is 478 g/mol. The maximum absolute atomic E-state index is 13.6. The van der Waals surface area contributed by atoms with E-state index in [4.69, 9.17) is 11.2 Å². The van der Waals surface area contributed by atoms with E-state index >= 15 is 0 Å². The van der Waals surface area contributed by atoms with Crippen molar-refractivity contribution in [1.29, 1.82) is 0 Å². The number of ketones is 1. The van der Waals surface area contributed by atoms with E-state index in [1.165, 1.54) is 5.57 Å². The van der Waals surface area contributed by atoms with E-state index in [-0.39, 0.29) is 18.1 Å². The number of hydrogen-bond donors (Lipinski definition) is 2. The first-order chi connectivity index (χ1) is 18.0. The minimum atomic E-state index is -1.27. The second kappa shape index (κ2) is 15.0. The molecule has 0 saturated heterocycles. The van der Waals surface area contributed by atoms with Crippen molar-refractivity contribution in [3.8, 4) is 12.3 Å². The minimum absolute atomic E-state index is 0.109. The summed E-state index contributed by atoms with van der Waals surface area (Å²) in [4.78, 5) is 31.0. The largest absolute Gasteiger partial charge is 0.457 e. The van der Waals surface area contributed by atoms with E-state index in [2.05, 4.69) is 23.9 Å². The lowest BCUT2D eigenvalue weighted by Gasteiger charge is -2.36. The number of aromatic nitrogens is 1. The highest BCUT2D eigenvalue weighted by Gasteiger charge is 2.43. The minimum Gasteiger partial charge on any atom is -0.457 e. The van der Waals surface area contributed by atoms with Crippen LogP contribution in [0.1, 0.15) is 91.7 Å². The summed E-state index contributed by atoms with van der Waals surface area (Å²) in [6.07, 6.45) is 12.8. The fourth-order valence-electron chi connectivity index (χ4n) is 4.99. The normalized spacial score (nSPS) is 29.6. The molecule has 0 radical (unpaired) electrons. The summed E-state index contributed by atoms with van der Waals surface area (Å²) < 4.78 is 5.88. The number of nitrogens with zero attached hydrogens (tertiary/aromatic N) is 1. The van der Waals surface area contributed by atoms with Crippen molar-refractivity contribution < 1.29 is 24.5 Å². The number of cyclic esters (lactones) is 1. The molecule has 2 heterocycles. The second-order valence-corrected chi connectivity index (χ2v) is 11.1. The van der Waals surface area contributed by atoms with Gasteiger partial charge in [-0.3, -0.25) is 14.6 Å². The lowest BCUT2D eigenvalue weighted by Crippen LogP contribution is -2.46. The standard InChI is InChI=1S/C32H45NO5/c1-7-9-16-26-30(36)22(3)13-12-14-24(8-2)17-18-27(23(4)20-25-15-10-11-19-33-25)38-29(35)21-28(34)32(5,6)31(26)37/h1,10-11,15,17,19-20,22,26-28,30,34,36H,8-9,12-14,16,18,21H2,2-6H3/b23-20+,24-17-/t22-,26+,27?,28-,30-/m0/s1. The van der Waals surface area contributed by atoms with Gasteiger partial charge in [0.15, 0.2) is 0 Å². The van der Waals surface area contributed by atoms with Crippen LogP contribution in [0.15, 0.2) is 41.6 Å². The number of terminal acetylenes is 1. The average Bonchev–Trinajstić information content (AvgIpc) is 2.89. The molecule has 0 saturated carbocycles. The number of esters is 1. The van der Waals surface area contributed by atoms with E-state index in [9.17, 15) is 19.8 Å². The second-order valence-electron chi connectivity index (χ2n) is 11.1. The van der Waals surface area contributed by atoms with Crippen LogP contribution in [0.4, 0.5) is 0 Å². The molecule has 0 fully saturated rings. The molecule has 5 atom stereocenters. The molecule has 6 heteroatoms. The third-order valence-electron chi connectivity index (χ3n) is 7.84. The highest BCUT2D eigenvalue weighted by atomic mass is 16.5. The van der Waals surface area contributed by atoms with E-state index in [0.717, 1.165) is 37.0 Å². The zero-order valence-corrected chi connectivity index (χ0v) is 23.7. The lowest BCUT2D eigenvalue weighted by molar-refractivity contribution is -0.154. The molecule has 1 aliphatic rings. The molecule has 6 nitrogen and oxygen atoms in total. The highest BCUT2D eigenvalue weighted by Crippen LogP contribution is 2.34. The van der Waals surface area contributed by atoms with E-state index in [0.29, 0.717) is 19.3 Å². The maximum Gasteiger partial charge on any atom is 0.309 e. The Morgan fingerprint density at radius 3 is 2.66 bits per heavy atom. The van der Waals surface area contributed by atoms with Gasteiger partial charge in [0.2, 0.25) is 0 Å². The lowest BCUT2D eigenvalue weighted by atomic mass is 9.71. The quantitative estimate of drug-likeness (QED) is 0.293. The number of allylic oxidation sites excluding steroid dienone is 1. The van der Waals surface area contributed by atoms with E-state index < -0.39 is 35.6 Å². The Kier molecular flexibility index (Phi) is 12.4. The van der Waals surface area contributed by atoms with Crippen LogP contribution in [0, 0.1) is 29.6 Å². The zero-order valence-electron chi connectivity index (χ0n) is 23.7. The number of aliphatic hydroxyl groups is 2. The van der Waals surface area contributed by atoms with Gasteiger partial charge in [0, 0.05) is 25.0 Å². The topological polar surface area (TPSA) is 96.7 Å².